The smallest absolute Gasteiger partial charge is 0.154 e. The molecule has 0 spiro atoms. The van der Waals surface area contributed by atoms with Gasteiger partial charge in [-0.05, 0) is 32.8 Å². The molecule has 0 rings (SSSR count). The van der Waals surface area contributed by atoms with E-state index in [1.807, 2.05) is 6.21 Å². The van der Waals surface area contributed by atoms with Gasteiger partial charge in [0, 0.05) is 6.08 Å². The Morgan fingerprint density at radius 2 is 1.84 bits per heavy atom. The predicted molar refractivity (Wildman–Crippen MR) is 87.1 cm³/mol. The Kier molecular flexibility index (Phi) is 9.15. The fourth-order valence-corrected chi connectivity index (χ4v) is 1.84. The molecule has 0 saturated carbocycles. The summed E-state index contributed by atoms with van der Waals surface area (Å²) in [5, 5.41) is 4.72. The third-order valence-corrected chi connectivity index (χ3v) is 3.28. The van der Waals surface area contributed by atoms with Crippen LogP contribution in [0.5, 0.6) is 0 Å². The number of allylic oxidation sites excluding steroid dienone is 4. The van der Waals surface area contributed by atoms with E-state index in [0.717, 1.165) is 32.2 Å². The molecule has 0 bridgehead atoms. The molecule has 0 fully saturated rings. The highest BCUT2D eigenvalue weighted by Gasteiger charge is 2.22. The Morgan fingerprint density at radius 3 is 2.32 bits per heavy atom. The van der Waals surface area contributed by atoms with Crippen LogP contribution in [-0.2, 0) is 0 Å². The summed E-state index contributed by atoms with van der Waals surface area (Å²) in [6.07, 6.45) is 12.8. The molecule has 1 unspecified atom stereocenters. The topological polar surface area (TPSA) is 12.4 Å². The summed E-state index contributed by atoms with van der Waals surface area (Å²) in [6, 6.07) is 0. The summed E-state index contributed by atoms with van der Waals surface area (Å²) in [5.74, 6) is 0. The van der Waals surface area contributed by atoms with Crippen molar-refractivity contribution in [1.82, 2.24) is 0 Å². The van der Waals surface area contributed by atoms with Crippen LogP contribution in [0.25, 0.3) is 0 Å². The highest BCUT2D eigenvalue weighted by atomic mass is 15.6. The van der Waals surface area contributed by atoms with Crippen LogP contribution in [-0.4, -0.2) is 24.4 Å². The molecule has 0 amide bonds. The average molecular weight is 263 g/mol. The minimum atomic E-state index is 0.604. The summed E-state index contributed by atoms with van der Waals surface area (Å²) in [7, 11) is 2.15. The van der Waals surface area contributed by atoms with Crippen LogP contribution in [0, 0.1) is 0 Å². The first-order chi connectivity index (χ1) is 9.03. The Balaban J connectivity index is 4.94. The minimum Gasteiger partial charge on any atom is -0.169 e. The van der Waals surface area contributed by atoms with Crippen LogP contribution in [0.2, 0.25) is 0 Å². The molecule has 1 atom stereocenters. The van der Waals surface area contributed by atoms with Gasteiger partial charge in [0.25, 0.3) is 0 Å². The fraction of sp³-hybridized carbons (Fsp3) is 0.588. The summed E-state index contributed by atoms with van der Waals surface area (Å²) in [5.41, 5.74) is 2.40. The normalized spacial score (nSPS) is 16.2. The van der Waals surface area contributed by atoms with Gasteiger partial charge in [0.15, 0.2) is 5.70 Å². The molecule has 0 N–H and O–H groups in total. The number of nitrogens with zero attached hydrogens (tertiary/aromatic N) is 2. The van der Waals surface area contributed by atoms with Crippen molar-refractivity contribution >= 4 is 6.21 Å². The molecule has 0 aromatic rings. The Bertz CT molecular complexity index is 350. The number of quaternary nitrogens is 1. The second-order valence-corrected chi connectivity index (χ2v) is 5.00. The highest BCUT2D eigenvalue weighted by molar-refractivity contribution is 5.56. The van der Waals surface area contributed by atoms with Crippen LogP contribution in [0.15, 0.2) is 41.2 Å². The molecular formula is C17H31N2+. The number of hydrogen-bond donors (Lipinski definition) is 0. The van der Waals surface area contributed by atoms with Crippen LogP contribution in [0.3, 0.4) is 0 Å². The zero-order valence-corrected chi connectivity index (χ0v) is 13.4. The standard InChI is InChI=1S/C17H31N2/c1-7-11-15-18-19(6,10-4)17(9-3)14-13-16(5)12-8-2/h9,13-15H,5,7-8,10-12H2,1-4,6H3/q+1. The quantitative estimate of drug-likeness (QED) is 0.239. The van der Waals surface area contributed by atoms with Gasteiger partial charge in [-0.2, -0.15) is 4.59 Å². The van der Waals surface area contributed by atoms with Gasteiger partial charge in [0.05, 0.1) is 13.3 Å². The first kappa shape index (κ1) is 17.8. The van der Waals surface area contributed by atoms with Crippen molar-refractivity contribution in [1.29, 1.82) is 0 Å². The Hall–Kier alpha value is -1.15. The van der Waals surface area contributed by atoms with E-state index in [1.165, 1.54) is 11.3 Å². The molecule has 0 aliphatic rings. The molecule has 0 heterocycles. The van der Waals surface area contributed by atoms with Crippen molar-refractivity contribution in [3.8, 4) is 0 Å². The van der Waals surface area contributed by atoms with E-state index in [9.17, 15) is 0 Å². The van der Waals surface area contributed by atoms with Gasteiger partial charge in [0.2, 0.25) is 0 Å². The summed E-state index contributed by atoms with van der Waals surface area (Å²) in [6.45, 7) is 13.6. The SMILES string of the molecule is C=C(C=CC(=CC)[N+](C)(CC)N=CCCC)CCC. The molecule has 0 aliphatic carbocycles. The lowest BCUT2D eigenvalue weighted by molar-refractivity contribution is -0.874. The van der Waals surface area contributed by atoms with Gasteiger partial charge in [-0.25, -0.2) is 0 Å². The molecular weight excluding hydrogens is 232 g/mol. The second-order valence-electron chi connectivity index (χ2n) is 5.00. The van der Waals surface area contributed by atoms with Crippen LogP contribution < -0.4 is 0 Å². The van der Waals surface area contributed by atoms with Crippen molar-refractivity contribution < 1.29 is 4.59 Å². The Morgan fingerprint density at radius 1 is 1.16 bits per heavy atom. The van der Waals surface area contributed by atoms with E-state index in [1.54, 1.807) is 0 Å². The molecule has 0 radical (unpaired) electrons. The van der Waals surface area contributed by atoms with E-state index in [2.05, 4.69) is 59.5 Å². The summed E-state index contributed by atoms with van der Waals surface area (Å²) >= 11 is 0. The molecule has 0 saturated heterocycles. The molecule has 108 valence electrons. The highest BCUT2D eigenvalue weighted by Crippen LogP contribution is 2.18. The van der Waals surface area contributed by atoms with Crippen molar-refractivity contribution in [2.45, 2.75) is 53.4 Å². The van der Waals surface area contributed by atoms with E-state index in [4.69, 9.17) is 5.10 Å². The minimum absolute atomic E-state index is 0.604. The fourth-order valence-electron chi connectivity index (χ4n) is 1.84. The van der Waals surface area contributed by atoms with Crippen molar-refractivity contribution in [2.75, 3.05) is 13.6 Å². The number of hydrogen-bond acceptors (Lipinski definition) is 1. The average Bonchev–Trinajstić information content (AvgIpc) is 2.40. The van der Waals surface area contributed by atoms with Crippen LogP contribution >= 0.6 is 0 Å². The van der Waals surface area contributed by atoms with Crippen LogP contribution in [0.1, 0.15) is 53.4 Å². The van der Waals surface area contributed by atoms with E-state index < -0.39 is 0 Å². The third-order valence-electron chi connectivity index (χ3n) is 3.28. The molecule has 0 aromatic heterocycles. The third kappa shape index (κ3) is 6.53. The lowest BCUT2D eigenvalue weighted by Gasteiger charge is -2.26. The first-order valence-corrected chi connectivity index (χ1v) is 7.46. The maximum absolute atomic E-state index is 4.72. The molecule has 0 aromatic carbocycles. The van der Waals surface area contributed by atoms with Gasteiger partial charge in [-0.1, -0.05) is 50.0 Å². The van der Waals surface area contributed by atoms with Crippen LogP contribution in [0.4, 0.5) is 0 Å². The van der Waals surface area contributed by atoms with Gasteiger partial charge >= 0.3 is 0 Å². The van der Waals surface area contributed by atoms with Gasteiger partial charge < -0.3 is 0 Å². The molecule has 2 heteroatoms. The zero-order valence-electron chi connectivity index (χ0n) is 13.4. The van der Waals surface area contributed by atoms with Crippen molar-refractivity contribution in [3.63, 3.8) is 0 Å². The van der Waals surface area contributed by atoms with Crippen molar-refractivity contribution in [3.05, 3.63) is 36.1 Å². The van der Waals surface area contributed by atoms with Gasteiger partial charge in [-0.3, -0.25) is 0 Å². The molecule has 0 aliphatic heterocycles. The molecule has 19 heavy (non-hydrogen) atoms. The van der Waals surface area contributed by atoms with E-state index in [0.29, 0.717) is 4.59 Å². The monoisotopic (exact) mass is 263 g/mol. The van der Waals surface area contributed by atoms with Crippen molar-refractivity contribution in [2.24, 2.45) is 5.10 Å². The number of likely N-dealkylation sites (N-methyl/N-ethyl adjacent to an activating group) is 1. The van der Waals surface area contributed by atoms with Gasteiger partial charge in [0.1, 0.15) is 6.54 Å². The van der Waals surface area contributed by atoms with Gasteiger partial charge in [-0.15, -0.1) is 0 Å². The second kappa shape index (κ2) is 9.74. The summed E-state index contributed by atoms with van der Waals surface area (Å²) in [4.78, 5) is 0. The summed E-state index contributed by atoms with van der Waals surface area (Å²) < 4.78 is 0.604. The maximum Gasteiger partial charge on any atom is 0.154 e. The predicted octanol–water partition coefficient (Wildman–Crippen LogP) is 5.06. The lowest BCUT2D eigenvalue weighted by Crippen LogP contribution is -2.36. The Labute approximate surface area is 119 Å². The van der Waals surface area contributed by atoms with E-state index in [-0.39, 0.29) is 0 Å². The lowest BCUT2D eigenvalue weighted by atomic mass is 10.1. The maximum atomic E-state index is 4.72. The first-order valence-electron chi connectivity index (χ1n) is 7.46. The molecule has 2 nitrogen and oxygen atoms in total. The zero-order chi connectivity index (χ0) is 14.7. The number of rotatable bonds is 9. The van der Waals surface area contributed by atoms with E-state index >= 15 is 0 Å². The number of unbranched alkanes of at least 4 members (excludes halogenated alkanes) is 1. The largest absolute Gasteiger partial charge is 0.169 e.